The van der Waals surface area contributed by atoms with E-state index >= 15 is 0 Å². The Bertz CT molecular complexity index is 6690. The Labute approximate surface area is 799 Å². The zero-order valence-electron chi connectivity index (χ0n) is 75.4. The van der Waals surface area contributed by atoms with Crippen molar-refractivity contribution in [3.63, 3.8) is 0 Å². The molecule has 21 rings (SSSR count). The summed E-state index contributed by atoms with van der Waals surface area (Å²) in [5.41, 5.74) is 28.5. The summed E-state index contributed by atoms with van der Waals surface area (Å²) in [7, 11) is 3.38. The molecule has 664 valence electrons. The molecule has 5 atom stereocenters. The van der Waals surface area contributed by atoms with Crippen LogP contribution in [0.5, 0.6) is 17.2 Å². The normalized spacial score (nSPS) is 13.8. The lowest BCUT2D eigenvalue weighted by atomic mass is 9.89. The molecule has 16 aromatic rings. The van der Waals surface area contributed by atoms with Crippen LogP contribution in [0.3, 0.4) is 0 Å². The summed E-state index contributed by atoms with van der Waals surface area (Å²) < 4.78 is 84.3. The van der Waals surface area contributed by atoms with Crippen molar-refractivity contribution in [1.82, 2.24) is 0 Å². The average Bonchev–Trinajstić information content (AvgIpc) is 0.796. The van der Waals surface area contributed by atoms with Crippen molar-refractivity contribution in [2.24, 2.45) is 0 Å². The van der Waals surface area contributed by atoms with Gasteiger partial charge >= 0.3 is 6.18 Å². The minimum absolute atomic E-state index is 0.0986. The molecule has 5 aliphatic rings. The van der Waals surface area contributed by atoms with Crippen LogP contribution in [0, 0.1) is 32.4 Å². The monoisotopic (exact) mass is 1860 g/mol. The summed E-state index contributed by atoms with van der Waals surface area (Å²) >= 11 is 15.4. The average molecular weight is 1860 g/mol. The third-order valence-corrected chi connectivity index (χ3v) is 31.8. The van der Waals surface area contributed by atoms with E-state index in [0.717, 1.165) is 76.4 Å². The van der Waals surface area contributed by atoms with Gasteiger partial charge in [-0.3, -0.25) is 0 Å². The van der Waals surface area contributed by atoms with E-state index in [1.165, 1.54) is 162 Å². The maximum Gasteiger partial charge on any atom is 0.416 e. The molecule has 132 heavy (non-hydrogen) atoms. The van der Waals surface area contributed by atoms with E-state index in [0.29, 0.717) is 29.4 Å². The van der Waals surface area contributed by atoms with Crippen molar-refractivity contribution in [2.75, 3.05) is 14.2 Å². The van der Waals surface area contributed by atoms with Crippen molar-refractivity contribution in [1.29, 1.82) is 0 Å². The van der Waals surface area contributed by atoms with Crippen LogP contribution in [-0.2, 0) is 44.9 Å². The lowest BCUT2D eigenvalue weighted by Gasteiger charge is -2.22. The molecule has 0 saturated carbocycles. The second kappa shape index (κ2) is 41.4. The Balaban J connectivity index is 0.000000116. The van der Waals surface area contributed by atoms with Crippen LogP contribution in [0.1, 0.15) is 203 Å². The van der Waals surface area contributed by atoms with Gasteiger partial charge in [-0.25, -0.2) is 8.78 Å². The van der Waals surface area contributed by atoms with Crippen molar-refractivity contribution < 1.29 is 36.2 Å². The maximum absolute atomic E-state index is 14.4. The third-order valence-electron chi connectivity index (χ3n) is 25.4. The molecule has 0 N–H and O–H groups in total. The molecule has 0 fully saturated rings. The number of rotatable bonds is 15. The summed E-state index contributed by atoms with van der Waals surface area (Å²) in [6, 6.07) is 114. The molecule has 0 aliphatic carbocycles. The van der Waals surface area contributed by atoms with Crippen LogP contribution in [0.25, 0.3) is 0 Å². The number of methoxy groups -OCH3 is 2. The number of hydrogen-bond donors (Lipinski definition) is 0. The molecule has 0 saturated heterocycles. The molecule has 0 bridgehead atoms. The lowest BCUT2D eigenvalue weighted by Crippen LogP contribution is -2.08. The quantitative estimate of drug-likeness (QED) is 0.0938. The molecule has 5 aliphatic heterocycles. The number of halogens is 6. The van der Waals surface area contributed by atoms with E-state index in [9.17, 15) is 22.0 Å². The van der Waals surface area contributed by atoms with E-state index in [1.807, 2.05) is 140 Å². The second-order valence-electron chi connectivity index (χ2n) is 34.7. The molecule has 16 aromatic carbocycles. The molecular formula is C118H102ClF5O3S5. The van der Waals surface area contributed by atoms with Gasteiger partial charge < -0.3 is 14.2 Å². The molecule has 0 aromatic heterocycles. The van der Waals surface area contributed by atoms with E-state index in [1.54, 1.807) is 45.0 Å². The van der Waals surface area contributed by atoms with E-state index in [4.69, 9.17) is 25.8 Å². The smallest absolute Gasteiger partial charge is 0.416 e. The second-order valence-corrected chi connectivity index (χ2v) is 40.6. The molecule has 0 spiro atoms. The van der Waals surface area contributed by atoms with Gasteiger partial charge in [-0.05, 0) is 302 Å². The Morgan fingerprint density at radius 3 is 0.932 bits per heavy atom. The molecule has 3 nitrogen and oxygen atoms in total. The van der Waals surface area contributed by atoms with Crippen LogP contribution in [0.15, 0.2) is 383 Å². The van der Waals surface area contributed by atoms with Crippen molar-refractivity contribution in [2.45, 2.75) is 179 Å². The first kappa shape index (κ1) is 92.5. The van der Waals surface area contributed by atoms with E-state index in [2.05, 4.69) is 259 Å². The number of hydrogen-bond acceptors (Lipinski definition) is 8. The van der Waals surface area contributed by atoms with Gasteiger partial charge in [0.2, 0.25) is 0 Å². The molecule has 0 amide bonds. The van der Waals surface area contributed by atoms with Gasteiger partial charge in [0.25, 0.3) is 0 Å². The van der Waals surface area contributed by atoms with Gasteiger partial charge in [0.15, 0.2) is 11.6 Å². The standard InChI is InChI=1S/C28H23FOS.C23H19F3S.C23H22O2S.C22H19ClS.C22H19FS/c1-19(21-12-14-28-24(15-21)16-23-9-5-6-10-27(23)31-28)22-11-13-25(29)26(17-22)30-18-20-7-3-2-4-8-20;1-14-9-18(13-20(10-14)23(24,25)26)15(2)16-7-8-22-19(11-16)12-17-5-3-4-6-21(17)27-22;1-15(18-12-20(24-2)14-21(13-18)25-3)16-8-9-23-19(10-16)11-17-6-4-5-7-22(17)26-23;2*1-14-9-18(13-20(23)10-14)15(2)16-7-8-22-19(11-16)12-17-5-3-4-6-21(17)24-22/h2-15,17,19H,16,18H2,1H3;3-11,13,15H,12H2,1-2H3;4-10,12-15H,11H2,1-3H3;2*3-11,13,15H,12H2,1-2H3. The highest BCUT2D eigenvalue weighted by atomic mass is 35.5. The molecule has 5 heterocycles. The number of alkyl halides is 3. The van der Waals surface area contributed by atoms with Gasteiger partial charge in [0.1, 0.15) is 23.9 Å². The highest BCUT2D eigenvalue weighted by Gasteiger charge is 2.33. The third kappa shape index (κ3) is 22.1. The summed E-state index contributed by atoms with van der Waals surface area (Å²) in [4.78, 5) is 13.4. The molecule has 0 radical (unpaired) electrons. The van der Waals surface area contributed by atoms with Crippen LogP contribution >= 0.6 is 70.4 Å². The van der Waals surface area contributed by atoms with E-state index in [-0.39, 0.29) is 35.3 Å². The highest BCUT2D eigenvalue weighted by molar-refractivity contribution is 8.00. The van der Waals surface area contributed by atoms with Crippen LogP contribution in [0.2, 0.25) is 5.02 Å². The predicted molar refractivity (Wildman–Crippen MR) is 537 cm³/mol. The minimum atomic E-state index is -4.32. The summed E-state index contributed by atoms with van der Waals surface area (Å²) in [5.74, 6) is 2.32. The maximum atomic E-state index is 14.4. The van der Waals surface area contributed by atoms with Crippen LogP contribution in [0.4, 0.5) is 22.0 Å². The molecule has 5 unspecified atom stereocenters. The highest BCUT2D eigenvalue weighted by Crippen LogP contribution is 2.48. The van der Waals surface area contributed by atoms with Crippen LogP contribution < -0.4 is 14.2 Å². The fourth-order valence-corrected chi connectivity index (χ4v) is 23.4. The number of benzene rings is 16. The van der Waals surface area contributed by atoms with Crippen molar-refractivity contribution >= 4 is 70.4 Å². The molecule has 14 heteroatoms. The van der Waals surface area contributed by atoms with Crippen LogP contribution in [-0.4, -0.2) is 14.2 Å². The summed E-state index contributed by atoms with van der Waals surface area (Å²) in [5, 5.41) is 0.819. The Kier molecular flexibility index (Phi) is 29.0. The largest absolute Gasteiger partial charge is 0.497 e. The van der Waals surface area contributed by atoms with E-state index < -0.39 is 11.7 Å². The topological polar surface area (TPSA) is 27.7 Å². The Hall–Kier alpha value is -11.4. The predicted octanol–water partition coefficient (Wildman–Crippen LogP) is 33.9. The van der Waals surface area contributed by atoms with Gasteiger partial charge in [-0.2, -0.15) is 13.2 Å². The fraction of sp³-hybridized carbons (Fsp3) is 0.186. The zero-order chi connectivity index (χ0) is 91.8. The van der Waals surface area contributed by atoms with Gasteiger partial charge in [-0.1, -0.05) is 317 Å². The number of ether oxygens (including phenoxy) is 3. The van der Waals surface area contributed by atoms with Gasteiger partial charge in [0, 0.05) is 89.6 Å². The first-order valence-electron chi connectivity index (χ1n) is 44.7. The SMILES string of the molecule is CC(c1ccc2c(c1)Cc1ccccc1S2)c1ccc(F)c(OCc2ccccc2)c1.COc1cc(OC)cc(C(C)c2ccc3c(c2)Cc2ccccc2S3)c1.Cc1cc(C(C)c2ccc3c(c2)Cc2ccccc2S3)cc(C(F)(F)F)c1.Cc1cc(Cl)cc(C(C)c2ccc3c(c2)Cc2ccccc2S3)c1.Cc1cc(F)cc(C(C)c2ccc3c(c2)Cc2ccccc2S3)c1. The Morgan fingerprint density at radius 1 is 0.288 bits per heavy atom. The lowest BCUT2D eigenvalue weighted by molar-refractivity contribution is -0.137. The summed E-state index contributed by atoms with van der Waals surface area (Å²) in [6.45, 7) is 16.9. The number of fused-ring (bicyclic) bond motifs is 10. The number of aryl methyl sites for hydroxylation is 3. The first-order chi connectivity index (χ1) is 63.8. The van der Waals surface area contributed by atoms with Gasteiger partial charge in [0.05, 0.1) is 19.8 Å². The minimum Gasteiger partial charge on any atom is -0.497 e. The van der Waals surface area contributed by atoms with Gasteiger partial charge in [-0.15, -0.1) is 0 Å². The zero-order valence-corrected chi connectivity index (χ0v) is 80.3. The fourth-order valence-electron chi connectivity index (χ4n) is 17.8. The van der Waals surface area contributed by atoms with Crippen molar-refractivity contribution in [3.8, 4) is 17.2 Å². The molecular weight excluding hydrogens is 1760 g/mol. The summed E-state index contributed by atoms with van der Waals surface area (Å²) in [6.07, 6.45) is 0.487. The Morgan fingerprint density at radius 2 is 0.583 bits per heavy atom. The first-order valence-corrected chi connectivity index (χ1v) is 49.2. The van der Waals surface area contributed by atoms with Crippen molar-refractivity contribution in [3.05, 3.63) is 489 Å².